The number of anilines is 1. The average molecular weight is 249 g/mol. The van der Waals surface area contributed by atoms with Gasteiger partial charge in [-0.3, -0.25) is 4.79 Å². The largest absolute Gasteiger partial charge is 0.382 e. The number of aromatic nitrogens is 2. The third-order valence-corrected chi connectivity index (χ3v) is 3.31. The molecular weight excluding hydrogens is 230 g/mol. The molecule has 0 radical (unpaired) electrons. The minimum Gasteiger partial charge on any atom is -0.382 e. The van der Waals surface area contributed by atoms with Crippen LogP contribution in [0.25, 0.3) is 0 Å². The first kappa shape index (κ1) is 12.8. The van der Waals surface area contributed by atoms with Crippen molar-refractivity contribution in [1.29, 1.82) is 0 Å². The van der Waals surface area contributed by atoms with Crippen molar-refractivity contribution in [2.75, 3.05) is 32.4 Å². The van der Waals surface area contributed by atoms with Gasteiger partial charge in [0, 0.05) is 6.54 Å². The van der Waals surface area contributed by atoms with Gasteiger partial charge in [-0.1, -0.05) is 0 Å². The Labute approximate surface area is 107 Å². The van der Waals surface area contributed by atoms with Gasteiger partial charge >= 0.3 is 0 Å². The van der Waals surface area contributed by atoms with Crippen LogP contribution < -0.4 is 11.1 Å². The van der Waals surface area contributed by atoms with Crippen LogP contribution in [0.5, 0.6) is 0 Å². The third-order valence-electron chi connectivity index (χ3n) is 3.31. The van der Waals surface area contributed by atoms with Gasteiger partial charge in [0.2, 0.25) is 0 Å². The molecule has 98 valence electrons. The van der Waals surface area contributed by atoms with E-state index in [-0.39, 0.29) is 5.91 Å². The molecule has 6 nitrogen and oxygen atoms in total. The van der Waals surface area contributed by atoms with E-state index in [1.54, 1.807) is 12.1 Å². The number of likely N-dealkylation sites (tertiary alicyclic amines) is 1. The molecule has 1 aromatic rings. The Morgan fingerprint density at radius 1 is 1.44 bits per heavy atom. The van der Waals surface area contributed by atoms with E-state index in [2.05, 4.69) is 27.5 Å². The monoisotopic (exact) mass is 249 g/mol. The molecule has 1 aliphatic heterocycles. The standard InChI is InChI=1S/C12H19N5O/c1-17-6-4-9(5-7-17)8-14-12(18)10-2-3-11(13)16-15-10/h2-3,9H,4-8H2,1H3,(H2,13,16)(H,14,18). The maximum absolute atomic E-state index is 11.8. The zero-order valence-corrected chi connectivity index (χ0v) is 10.6. The van der Waals surface area contributed by atoms with Gasteiger partial charge in [0.15, 0.2) is 5.69 Å². The van der Waals surface area contributed by atoms with E-state index in [4.69, 9.17) is 5.73 Å². The lowest BCUT2D eigenvalue weighted by atomic mass is 9.97. The number of nitrogens with one attached hydrogen (secondary N) is 1. The van der Waals surface area contributed by atoms with Crippen LogP contribution in [0.2, 0.25) is 0 Å². The van der Waals surface area contributed by atoms with Gasteiger partial charge in [0.05, 0.1) is 0 Å². The molecule has 1 fully saturated rings. The number of rotatable bonds is 3. The molecule has 1 amide bonds. The van der Waals surface area contributed by atoms with Crippen molar-refractivity contribution in [3.05, 3.63) is 17.8 Å². The van der Waals surface area contributed by atoms with Crippen molar-refractivity contribution in [1.82, 2.24) is 20.4 Å². The second kappa shape index (κ2) is 5.77. The number of nitrogen functional groups attached to an aromatic ring is 1. The first-order valence-corrected chi connectivity index (χ1v) is 6.21. The summed E-state index contributed by atoms with van der Waals surface area (Å²) in [6.07, 6.45) is 2.26. The van der Waals surface area contributed by atoms with Crippen LogP contribution >= 0.6 is 0 Å². The third kappa shape index (κ3) is 3.40. The molecule has 0 aromatic carbocycles. The van der Waals surface area contributed by atoms with E-state index in [1.807, 2.05) is 0 Å². The van der Waals surface area contributed by atoms with Gasteiger partial charge in [-0.25, -0.2) is 0 Å². The van der Waals surface area contributed by atoms with Gasteiger partial charge in [-0.2, -0.15) is 0 Å². The molecular formula is C12H19N5O. The highest BCUT2D eigenvalue weighted by molar-refractivity contribution is 5.92. The Bertz CT molecular complexity index is 397. The molecule has 1 aliphatic rings. The number of hydrogen-bond acceptors (Lipinski definition) is 5. The Morgan fingerprint density at radius 2 is 2.17 bits per heavy atom. The first-order valence-electron chi connectivity index (χ1n) is 6.21. The first-order chi connectivity index (χ1) is 8.65. The molecule has 2 heterocycles. The molecule has 0 saturated carbocycles. The summed E-state index contributed by atoms with van der Waals surface area (Å²) >= 11 is 0. The molecule has 1 aromatic heterocycles. The summed E-state index contributed by atoms with van der Waals surface area (Å²) in [5.41, 5.74) is 5.74. The van der Waals surface area contributed by atoms with Gasteiger partial charge in [-0.05, 0) is 51.0 Å². The minimum absolute atomic E-state index is 0.179. The van der Waals surface area contributed by atoms with Crippen LogP contribution in [0, 0.1) is 5.92 Å². The van der Waals surface area contributed by atoms with E-state index in [0.717, 1.165) is 25.9 Å². The number of piperidine rings is 1. The van der Waals surface area contributed by atoms with Crippen LogP contribution in [0.15, 0.2) is 12.1 Å². The maximum Gasteiger partial charge on any atom is 0.271 e. The zero-order chi connectivity index (χ0) is 13.0. The highest BCUT2D eigenvalue weighted by Crippen LogP contribution is 2.14. The second-order valence-corrected chi connectivity index (χ2v) is 4.80. The molecule has 6 heteroatoms. The van der Waals surface area contributed by atoms with Crippen molar-refractivity contribution in [3.8, 4) is 0 Å². The molecule has 1 saturated heterocycles. The number of carbonyl (C=O) groups is 1. The smallest absolute Gasteiger partial charge is 0.271 e. The van der Waals surface area contributed by atoms with Crippen molar-refractivity contribution in [2.24, 2.45) is 5.92 Å². The Morgan fingerprint density at radius 3 is 2.78 bits per heavy atom. The highest BCUT2D eigenvalue weighted by Gasteiger charge is 2.17. The molecule has 18 heavy (non-hydrogen) atoms. The van der Waals surface area contributed by atoms with Crippen LogP contribution in [0.1, 0.15) is 23.3 Å². The van der Waals surface area contributed by atoms with Gasteiger partial charge in [0.1, 0.15) is 5.82 Å². The SMILES string of the molecule is CN1CCC(CNC(=O)c2ccc(N)nn2)CC1. The number of nitrogens with zero attached hydrogens (tertiary/aromatic N) is 3. The highest BCUT2D eigenvalue weighted by atomic mass is 16.1. The second-order valence-electron chi connectivity index (χ2n) is 4.80. The summed E-state index contributed by atoms with van der Waals surface area (Å²) < 4.78 is 0. The van der Waals surface area contributed by atoms with E-state index in [9.17, 15) is 4.79 Å². The number of amides is 1. The predicted octanol–water partition coefficient (Wildman–Crippen LogP) is 0.130. The Balaban J connectivity index is 1.79. The van der Waals surface area contributed by atoms with Gasteiger partial charge in [-0.15, -0.1) is 10.2 Å². The number of nitrogens with two attached hydrogens (primary N) is 1. The van der Waals surface area contributed by atoms with Crippen molar-refractivity contribution in [2.45, 2.75) is 12.8 Å². The summed E-state index contributed by atoms with van der Waals surface area (Å²) in [6.45, 7) is 2.91. The Kier molecular flexibility index (Phi) is 4.09. The molecule has 0 unspecified atom stereocenters. The van der Waals surface area contributed by atoms with Crippen LogP contribution in [-0.2, 0) is 0 Å². The van der Waals surface area contributed by atoms with Crippen LogP contribution in [0.3, 0.4) is 0 Å². The quantitative estimate of drug-likeness (QED) is 0.795. The molecule has 3 N–H and O–H groups in total. The zero-order valence-electron chi connectivity index (χ0n) is 10.6. The lowest BCUT2D eigenvalue weighted by Crippen LogP contribution is -2.37. The fraction of sp³-hybridized carbons (Fsp3) is 0.583. The summed E-state index contributed by atoms with van der Waals surface area (Å²) in [4.78, 5) is 14.1. The lowest BCUT2D eigenvalue weighted by molar-refractivity contribution is 0.0933. The molecule has 0 bridgehead atoms. The fourth-order valence-electron chi connectivity index (χ4n) is 2.06. The summed E-state index contributed by atoms with van der Waals surface area (Å²) in [5, 5.41) is 10.3. The Hall–Kier alpha value is -1.69. The summed E-state index contributed by atoms with van der Waals surface area (Å²) in [6, 6.07) is 3.17. The average Bonchev–Trinajstić information content (AvgIpc) is 2.38. The number of carbonyl (C=O) groups excluding carboxylic acids is 1. The molecule has 2 rings (SSSR count). The van der Waals surface area contributed by atoms with Gasteiger partial charge < -0.3 is 16.0 Å². The lowest BCUT2D eigenvalue weighted by Gasteiger charge is -2.28. The van der Waals surface area contributed by atoms with E-state index in [0.29, 0.717) is 24.0 Å². The summed E-state index contributed by atoms with van der Waals surface area (Å²) in [7, 11) is 2.12. The van der Waals surface area contributed by atoms with Crippen LogP contribution in [0.4, 0.5) is 5.82 Å². The number of hydrogen-bond donors (Lipinski definition) is 2. The van der Waals surface area contributed by atoms with E-state index < -0.39 is 0 Å². The minimum atomic E-state index is -0.179. The molecule has 0 aliphatic carbocycles. The van der Waals surface area contributed by atoms with E-state index in [1.165, 1.54) is 0 Å². The van der Waals surface area contributed by atoms with E-state index >= 15 is 0 Å². The predicted molar refractivity (Wildman–Crippen MR) is 69.0 cm³/mol. The fourth-order valence-corrected chi connectivity index (χ4v) is 2.06. The van der Waals surface area contributed by atoms with Crippen molar-refractivity contribution in [3.63, 3.8) is 0 Å². The normalized spacial score (nSPS) is 17.6. The molecule has 0 spiro atoms. The van der Waals surface area contributed by atoms with Gasteiger partial charge in [0.25, 0.3) is 5.91 Å². The maximum atomic E-state index is 11.8. The van der Waals surface area contributed by atoms with Crippen LogP contribution in [-0.4, -0.2) is 47.7 Å². The molecule has 0 atom stereocenters. The van der Waals surface area contributed by atoms with Crippen molar-refractivity contribution >= 4 is 11.7 Å². The van der Waals surface area contributed by atoms with Crippen molar-refractivity contribution < 1.29 is 4.79 Å². The summed E-state index contributed by atoms with van der Waals surface area (Å²) in [5.74, 6) is 0.704. The topological polar surface area (TPSA) is 84.1 Å².